The number of rotatable bonds is 8. The molecule has 1 aromatic carbocycles. The minimum atomic E-state index is 0.184. The molecule has 2 aromatic heterocycles. The molecule has 3 heterocycles. The third-order valence-electron chi connectivity index (χ3n) is 4.84. The van der Waals surface area contributed by atoms with Crippen molar-refractivity contribution in [3.05, 3.63) is 59.7 Å². The summed E-state index contributed by atoms with van der Waals surface area (Å²) in [4.78, 5) is 19.8. The van der Waals surface area contributed by atoms with Crippen LogP contribution in [0.1, 0.15) is 17.1 Å². The Morgan fingerprint density at radius 3 is 2.81 bits per heavy atom. The number of aryl methyl sites for hydroxylation is 1. The Bertz CT molecular complexity index is 1060. The number of aromatic nitrogens is 4. The second-order valence-corrected chi connectivity index (χ2v) is 7.31. The van der Waals surface area contributed by atoms with Gasteiger partial charge in [-0.2, -0.15) is 25.2 Å². The molecule has 3 aromatic rings. The standard InChI is InChI=1S/C22H26N8O2/c1-16-5-6-18(23)19(14-16)29-25-15-20-26-21(30-9-12-31-13-10-30)28-22(27-20)32-11-7-17-4-2-3-8-24-17/h2-6,8,14H,7,9-13,15,23H2,1H3. The van der Waals surface area contributed by atoms with E-state index in [2.05, 4.69) is 35.1 Å². The maximum absolute atomic E-state index is 5.98. The molecule has 0 bridgehead atoms. The molecule has 0 unspecified atom stereocenters. The van der Waals surface area contributed by atoms with Crippen molar-refractivity contribution in [3.63, 3.8) is 0 Å². The number of morpholine rings is 1. The zero-order chi connectivity index (χ0) is 22.2. The Morgan fingerprint density at radius 2 is 2.00 bits per heavy atom. The molecule has 10 heteroatoms. The quantitative estimate of drug-likeness (QED) is 0.424. The highest BCUT2D eigenvalue weighted by Gasteiger charge is 2.17. The van der Waals surface area contributed by atoms with Crippen LogP contribution in [0.25, 0.3) is 0 Å². The van der Waals surface area contributed by atoms with Gasteiger partial charge in [-0.15, -0.1) is 0 Å². The first-order chi connectivity index (χ1) is 15.7. The second kappa shape index (κ2) is 10.6. The van der Waals surface area contributed by atoms with Gasteiger partial charge < -0.3 is 20.1 Å². The fourth-order valence-electron chi connectivity index (χ4n) is 3.13. The van der Waals surface area contributed by atoms with Crippen LogP contribution in [0.15, 0.2) is 52.8 Å². The molecule has 0 aliphatic carbocycles. The Kier molecular flexibility index (Phi) is 7.13. The van der Waals surface area contributed by atoms with E-state index in [-0.39, 0.29) is 12.6 Å². The second-order valence-electron chi connectivity index (χ2n) is 7.31. The molecule has 1 aliphatic heterocycles. The maximum atomic E-state index is 5.98. The molecule has 1 saturated heterocycles. The fourth-order valence-corrected chi connectivity index (χ4v) is 3.13. The lowest BCUT2D eigenvalue weighted by Crippen LogP contribution is -2.37. The molecule has 0 atom stereocenters. The summed E-state index contributed by atoms with van der Waals surface area (Å²) in [5, 5.41) is 8.50. The average Bonchev–Trinajstić information content (AvgIpc) is 2.82. The van der Waals surface area contributed by atoms with E-state index in [0.29, 0.717) is 62.5 Å². The van der Waals surface area contributed by atoms with Crippen LogP contribution in [-0.2, 0) is 17.7 Å². The van der Waals surface area contributed by atoms with E-state index in [1.807, 2.05) is 43.3 Å². The van der Waals surface area contributed by atoms with Crippen molar-refractivity contribution in [1.82, 2.24) is 19.9 Å². The van der Waals surface area contributed by atoms with Gasteiger partial charge in [-0.05, 0) is 36.8 Å². The van der Waals surface area contributed by atoms with Gasteiger partial charge in [-0.3, -0.25) is 4.98 Å². The van der Waals surface area contributed by atoms with Gasteiger partial charge >= 0.3 is 6.01 Å². The number of nitrogens with two attached hydrogens (primary N) is 1. The van der Waals surface area contributed by atoms with E-state index in [9.17, 15) is 0 Å². The van der Waals surface area contributed by atoms with Gasteiger partial charge in [0.15, 0.2) is 5.82 Å². The largest absolute Gasteiger partial charge is 0.463 e. The molecule has 0 spiro atoms. The first-order valence-electron chi connectivity index (χ1n) is 10.5. The Balaban J connectivity index is 1.48. The van der Waals surface area contributed by atoms with E-state index < -0.39 is 0 Å². The minimum Gasteiger partial charge on any atom is -0.463 e. The summed E-state index contributed by atoms with van der Waals surface area (Å²) in [6, 6.07) is 11.7. The summed E-state index contributed by atoms with van der Waals surface area (Å²) in [7, 11) is 0. The van der Waals surface area contributed by atoms with Crippen molar-refractivity contribution in [2.24, 2.45) is 10.2 Å². The van der Waals surface area contributed by atoms with E-state index in [4.69, 9.17) is 15.2 Å². The van der Waals surface area contributed by atoms with E-state index in [1.54, 1.807) is 6.20 Å². The highest BCUT2D eigenvalue weighted by Crippen LogP contribution is 2.23. The predicted molar refractivity (Wildman–Crippen MR) is 120 cm³/mol. The van der Waals surface area contributed by atoms with Crippen LogP contribution < -0.4 is 15.4 Å². The van der Waals surface area contributed by atoms with Crippen LogP contribution in [0.5, 0.6) is 6.01 Å². The molecule has 4 rings (SSSR count). The van der Waals surface area contributed by atoms with Gasteiger partial charge in [0, 0.05) is 31.4 Å². The molecule has 2 N–H and O–H groups in total. The van der Waals surface area contributed by atoms with Crippen molar-refractivity contribution in [3.8, 4) is 6.01 Å². The van der Waals surface area contributed by atoms with E-state index >= 15 is 0 Å². The predicted octanol–water partition coefficient (Wildman–Crippen LogP) is 2.90. The number of pyridine rings is 1. The smallest absolute Gasteiger partial charge is 0.321 e. The number of anilines is 2. The van der Waals surface area contributed by atoms with Gasteiger partial charge in [0.25, 0.3) is 0 Å². The van der Waals surface area contributed by atoms with Crippen LogP contribution in [0.4, 0.5) is 17.3 Å². The highest BCUT2D eigenvalue weighted by molar-refractivity contribution is 5.62. The van der Waals surface area contributed by atoms with Crippen molar-refractivity contribution in [2.45, 2.75) is 19.9 Å². The van der Waals surface area contributed by atoms with Crippen LogP contribution in [0, 0.1) is 6.92 Å². The molecule has 1 aliphatic rings. The van der Waals surface area contributed by atoms with E-state index in [0.717, 1.165) is 11.3 Å². The first kappa shape index (κ1) is 21.6. The Morgan fingerprint density at radius 1 is 1.12 bits per heavy atom. The SMILES string of the molecule is Cc1ccc(N)c(N=NCc2nc(OCCc3ccccn3)nc(N3CCOCC3)n2)c1. The number of hydrogen-bond acceptors (Lipinski definition) is 10. The molecule has 32 heavy (non-hydrogen) atoms. The minimum absolute atomic E-state index is 0.184. The third kappa shape index (κ3) is 5.94. The van der Waals surface area contributed by atoms with Gasteiger partial charge in [-0.1, -0.05) is 12.1 Å². The lowest BCUT2D eigenvalue weighted by Gasteiger charge is -2.26. The van der Waals surface area contributed by atoms with Crippen LogP contribution in [0.2, 0.25) is 0 Å². The van der Waals surface area contributed by atoms with Crippen molar-refractivity contribution in [2.75, 3.05) is 43.5 Å². The molecule has 10 nitrogen and oxygen atoms in total. The van der Waals surface area contributed by atoms with Crippen LogP contribution in [-0.4, -0.2) is 52.8 Å². The monoisotopic (exact) mass is 434 g/mol. The van der Waals surface area contributed by atoms with E-state index in [1.165, 1.54) is 0 Å². The van der Waals surface area contributed by atoms with Crippen LogP contribution in [0.3, 0.4) is 0 Å². The number of hydrogen-bond donors (Lipinski definition) is 1. The zero-order valence-electron chi connectivity index (χ0n) is 18.0. The zero-order valence-corrected chi connectivity index (χ0v) is 18.0. The summed E-state index contributed by atoms with van der Waals surface area (Å²) in [5.41, 5.74) is 9.18. The molecule has 0 radical (unpaired) electrons. The number of benzene rings is 1. The Hall–Kier alpha value is -3.66. The van der Waals surface area contributed by atoms with Crippen LogP contribution >= 0.6 is 0 Å². The third-order valence-corrected chi connectivity index (χ3v) is 4.84. The molecule has 166 valence electrons. The van der Waals surface area contributed by atoms with Gasteiger partial charge in [0.1, 0.15) is 12.2 Å². The summed E-state index contributed by atoms with van der Waals surface area (Å²) in [6.45, 7) is 5.24. The first-order valence-corrected chi connectivity index (χ1v) is 10.5. The van der Waals surface area contributed by atoms with Gasteiger partial charge in [0.05, 0.1) is 25.5 Å². The Labute approximate surface area is 186 Å². The fraction of sp³-hybridized carbons (Fsp3) is 0.364. The highest BCUT2D eigenvalue weighted by atomic mass is 16.5. The molecule has 0 saturated carbocycles. The molecule has 0 amide bonds. The lowest BCUT2D eigenvalue weighted by molar-refractivity contribution is 0.122. The summed E-state index contributed by atoms with van der Waals surface area (Å²) in [6.07, 6.45) is 2.42. The van der Waals surface area contributed by atoms with Crippen molar-refractivity contribution in [1.29, 1.82) is 0 Å². The molecule has 1 fully saturated rings. The summed E-state index contributed by atoms with van der Waals surface area (Å²) in [5.74, 6) is 1.03. The summed E-state index contributed by atoms with van der Waals surface area (Å²) >= 11 is 0. The van der Waals surface area contributed by atoms with Crippen molar-refractivity contribution < 1.29 is 9.47 Å². The molecular formula is C22H26N8O2. The average molecular weight is 435 g/mol. The summed E-state index contributed by atoms with van der Waals surface area (Å²) < 4.78 is 11.3. The number of ether oxygens (including phenoxy) is 2. The molecular weight excluding hydrogens is 408 g/mol. The normalized spacial score (nSPS) is 14.1. The number of nitrogens with zero attached hydrogens (tertiary/aromatic N) is 7. The van der Waals surface area contributed by atoms with Crippen molar-refractivity contribution >= 4 is 17.3 Å². The van der Waals surface area contributed by atoms with Gasteiger partial charge in [0.2, 0.25) is 5.95 Å². The number of azo groups is 1. The topological polar surface area (TPSA) is 124 Å². The lowest BCUT2D eigenvalue weighted by atomic mass is 10.2. The number of nitrogen functional groups attached to an aromatic ring is 1. The van der Waals surface area contributed by atoms with Gasteiger partial charge in [-0.25, -0.2) is 0 Å². The maximum Gasteiger partial charge on any atom is 0.321 e.